The Morgan fingerprint density at radius 1 is 1.25 bits per heavy atom. The molecule has 0 bridgehead atoms. The van der Waals surface area contributed by atoms with Gasteiger partial charge >= 0.3 is 0 Å². The minimum atomic E-state index is 0.342. The van der Waals surface area contributed by atoms with Crippen LogP contribution in [-0.2, 0) is 6.42 Å². The average Bonchev–Trinajstić information content (AvgIpc) is 2.36. The first-order valence-corrected chi connectivity index (χ1v) is 8.19. The van der Waals surface area contributed by atoms with E-state index in [1.165, 1.54) is 18.4 Å². The Labute approximate surface area is 132 Å². The summed E-state index contributed by atoms with van der Waals surface area (Å²) in [4.78, 5) is 0. The van der Waals surface area contributed by atoms with Crippen molar-refractivity contribution in [1.29, 1.82) is 0 Å². The van der Waals surface area contributed by atoms with E-state index in [1.807, 2.05) is 12.1 Å². The fourth-order valence-corrected chi connectivity index (χ4v) is 2.65. The number of aryl methyl sites for hydroxylation is 1. The highest BCUT2D eigenvalue weighted by Crippen LogP contribution is 2.30. The van der Waals surface area contributed by atoms with E-state index in [2.05, 4.69) is 55.0 Å². The summed E-state index contributed by atoms with van der Waals surface area (Å²) in [7, 11) is 1.74. The first-order valence-electron chi connectivity index (χ1n) is 7.40. The number of rotatable bonds is 8. The number of hydrogen-bond donors (Lipinski definition) is 1. The molecule has 20 heavy (non-hydrogen) atoms. The molecule has 1 rings (SSSR count). The van der Waals surface area contributed by atoms with Gasteiger partial charge in [-0.1, -0.05) is 43.6 Å². The summed E-state index contributed by atoms with van der Waals surface area (Å²) in [6.45, 7) is 10.2. The van der Waals surface area contributed by atoms with Gasteiger partial charge in [0.15, 0.2) is 0 Å². The lowest BCUT2D eigenvalue weighted by atomic mass is 9.83. The van der Waals surface area contributed by atoms with Gasteiger partial charge in [0.25, 0.3) is 0 Å². The Balaban J connectivity index is 2.54. The fourth-order valence-electron chi connectivity index (χ4n) is 2.24. The van der Waals surface area contributed by atoms with Gasteiger partial charge in [0.1, 0.15) is 5.75 Å². The molecule has 2 nitrogen and oxygen atoms in total. The molecule has 1 aromatic rings. The molecule has 1 aromatic carbocycles. The highest BCUT2D eigenvalue weighted by molar-refractivity contribution is 9.10. The van der Waals surface area contributed by atoms with Crippen molar-refractivity contribution in [3.63, 3.8) is 0 Å². The van der Waals surface area contributed by atoms with Crippen LogP contribution >= 0.6 is 15.9 Å². The van der Waals surface area contributed by atoms with Gasteiger partial charge in [-0.2, -0.15) is 0 Å². The van der Waals surface area contributed by atoms with Gasteiger partial charge in [-0.15, -0.1) is 0 Å². The molecule has 0 unspecified atom stereocenters. The van der Waals surface area contributed by atoms with Crippen LogP contribution < -0.4 is 10.1 Å². The molecule has 0 amide bonds. The minimum Gasteiger partial charge on any atom is -0.496 e. The fraction of sp³-hybridized carbons (Fsp3) is 0.647. The summed E-state index contributed by atoms with van der Waals surface area (Å²) in [5, 5.41) is 3.50. The SMILES string of the molecule is COc1ccc(Br)cc1CCC(C)(C)CCNC(C)C. The first-order chi connectivity index (χ1) is 9.34. The Morgan fingerprint density at radius 3 is 2.55 bits per heavy atom. The average molecular weight is 342 g/mol. The third-order valence-corrected chi connectivity index (χ3v) is 4.16. The van der Waals surface area contributed by atoms with Crippen molar-refractivity contribution in [3.8, 4) is 5.75 Å². The maximum absolute atomic E-state index is 5.44. The first kappa shape index (κ1) is 17.5. The third kappa shape index (κ3) is 6.27. The molecular formula is C17H28BrNO. The summed E-state index contributed by atoms with van der Waals surface area (Å²) in [6.07, 6.45) is 3.42. The Kier molecular flexibility index (Phi) is 7.04. The zero-order chi connectivity index (χ0) is 15.2. The lowest BCUT2D eigenvalue weighted by Gasteiger charge is -2.26. The lowest BCUT2D eigenvalue weighted by molar-refractivity contribution is 0.296. The highest BCUT2D eigenvalue weighted by atomic mass is 79.9. The molecule has 0 aromatic heterocycles. The van der Waals surface area contributed by atoms with E-state index in [-0.39, 0.29) is 0 Å². The van der Waals surface area contributed by atoms with Gasteiger partial charge in [0.2, 0.25) is 0 Å². The van der Waals surface area contributed by atoms with Crippen LogP contribution in [0.3, 0.4) is 0 Å². The molecule has 0 radical (unpaired) electrons. The second-order valence-electron chi connectivity index (χ2n) is 6.48. The normalized spacial score (nSPS) is 11.9. The molecule has 0 saturated heterocycles. The molecule has 0 atom stereocenters. The summed E-state index contributed by atoms with van der Waals surface area (Å²) < 4.78 is 6.56. The van der Waals surface area contributed by atoms with E-state index in [1.54, 1.807) is 7.11 Å². The molecular weight excluding hydrogens is 314 g/mol. The predicted octanol–water partition coefficient (Wildman–Crippen LogP) is 4.80. The second kappa shape index (κ2) is 8.04. The number of methoxy groups -OCH3 is 1. The maximum atomic E-state index is 5.44. The van der Waals surface area contributed by atoms with Crippen LogP contribution in [-0.4, -0.2) is 19.7 Å². The minimum absolute atomic E-state index is 0.342. The van der Waals surface area contributed by atoms with E-state index in [4.69, 9.17) is 4.74 Å². The van der Waals surface area contributed by atoms with Crippen LogP contribution in [0.5, 0.6) is 5.75 Å². The molecule has 0 spiro atoms. The van der Waals surface area contributed by atoms with E-state index < -0.39 is 0 Å². The van der Waals surface area contributed by atoms with Crippen molar-refractivity contribution in [1.82, 2.24) is 5.32 Å². The smallest absolute Gasteiger partial charge is 0.122 e. The number of halogens is 1. The number of hydrogen-bond acceptors (Lipinski definition) is 2. The molecule has 114 valence electrons. The zero-order valence-electron chi connectivity index (χ0n) is 13.4. The topological polar surface area (TPSA) is 21.3 Å². The maximum Gasteiger partial charge on any atom is 0.122 e. The van der Waals surface area contributed by atoms with Crippen LogP contribution in [0.1, 0.15) is 46.1 Å². The van der Waals surface area contributed by atoms with E-state index >= 15 is 0 Å². The van der Waals surface area contributed by atoms with Crippen LogP contribution in [0.4, 0.5) is 0 Å². The Bertz CT molecular complexity index is 415. The van der Waals surface area contributed by atoms with Crippen molar-refractivity contribution < 1.29 is 4.74 Å². The third-order valence-electron chi connectivity index (χ3n) is 3.67. The van der Waals surface area contributed by atoms with Crippen LogP contribution in [0.25, 0.3) is 0 Å². The molecule has 3 heteroatoms. The Morgan fingerprint density at radius 2 is 1.95 bits per heavy atom. The van der Waals surface area contributed by atoms with Gasteiger partial charge in [-0.3, -0.25) is 0 Å². The van der Waals surface area contributed by atoms with Gasteiger partial charge in [-0.05, 0) is 55.0 Å². The standard InChI is InChI=1S/C17H28BrNO/c1-13(2)19-11-10-17(3,4)9-8-14-12-15(18)6-7-16(14)20-5/h6-7,12-13,19H,8-11H2,1-5H3. The largest absolute Gasteiger partial charge is 0.496 e. The lowest BCUT2D eigenvalue weighted by Crippen LogP contribution is -2.28. The second-order valence-corrected chi connectivity index (χ2v) is 7.39. The van der Waals surface area contributed by atoms with Gasteiger partial charge < -0.3 is 10.1 Å². The molecule has 1 N–H and O–H groups in total. The number of benzene rings is 1. The van der Waals surface area contributed by atoms with Crippen molar-refractivity contribution in [3.05, 3.63) is 28.2 Å². The zero-order valence-corrected chi connectivity index (χ0v) is 15.0. The quantitative estimate of drug-likeness (QED) is 0.732. The summed E-state index contributed by atoms with van der Waals surface area (Å²) in [5.41, 5.74) is 1.63. The van der Waals surface area contributed by atoms with Gasteiger partial charge in [-0.25, -0.2) is 0 Å². The molecule has 0 fully saturated rings. The molecule has 0 saturated carbocycles. The van der Waals surface area contributed by atoms with E-state index in [9.17, 15) is 0 Å². The van der Waals surface area contributed by atoms with Gasteiger partial charge in [0.05, 0.1) is 7.11 Å². The van der Waals surface area contributed by atoms with E-state index in [0.29, 0.717) is 11.5 Å². The number of nitrogens with one attached hydrogen (secondary N) is 1. The van der Waals surface area contributed by atoms with Crippen molar-refractivity contribution in [2.75, 3.05) is 13.7 Å². The van der Waals surface area contributed by atoms with Gasteiger partial charge in [0, 0.05) is 10.5 Å². The Hall–Kier alpha value is -0.540. The van der Waals surface area contributed by atoms with Crippen molar-refractivity contribution in [2.24, 2.45) is 5.41 Å². The van der Waals surface area contributed by atoms with Crippen molar-refractivity contribution in [2.45, 2.75) is 53.0 Å². The van der Waals surface area contributed by atoms with Crippen LogP contribution in [0, 0.1) is 5.41 Å². The molecule has 0 heterocycles. The molecule has 0 aliphatic rings. The highest BCUT2D eigenvalue weighted by Gasteiger charge is 2.18. The summed E-state index contributed by atoms with van der Waals surface area (Å²) in [5.74, 6) is 0.990. The monoisotopic (exact) mass is 341 g/mol. The molecule has 0 aliphatic carbocycles. The summed E-state index contributed by atoms with van der Waals surface area (Å²) in [6, 6.07) is 6.80. The predicted molar refractivity (Wildman–Crippen MR) is 90.6 cm³/mol. The molecule has 0 aliphatic heterocycles. The van der Waals surface area contributed by atoms with E-state index in [0.717, 1.165) is 23.2 Å². The van der Waals surface area contributed by atoms with Crippen molar-refractivity contribution >= 4 is 15.9 Å². The van der Waals surface area contributed by atoms with Crippen LogP contribution in [0.2, 0.25) is 0 Å². The summed E-state index contributed by atoms with van der Waals surface area (Å²) >= 11 is 3.54. The number of ether oxygens (including phenoxy) is 1. The van der Waals surface area contributed by atoms with Crippen LogP contribution in [0.15, 0.2) is 22.7 Å².